The van der Waals surface area contributed by atoms with Crippen LogP contribution in [0.2, 0.25) is 0 Å². The van der Waals surface area contributed by atoms with E-state index in [1.165, 1.54) is 58.4 Å². The maximum atomic E-state index is 5.95. The summed E-state index contributed by atoms with van der Waals surface area (Å²) in [5.41, 5.74) is 5.95. The Morgan fingerprint density at radius 3 is 2.53 bits per heavy atom. The van der Waals surface area contributed by atoms with E-state index >= 15 is 0 Å². The summed E-state index contributed by atoms with van der Waals surface area (Å²) < 4.78 is 0. The maximum absolute atomic E-state index is 5.95. The summed E-state index contributed by atoms with van der Waals surface area (Å²) in [5.74, 6) is 0.890. The van der Waals surface area contributed by atoms with Crippen LogP contribution in [0, 0.1) is 5.92 Å². The minimum atomic E-state index is 0.455. The molecule has 0 saturated carbocycles. The Labute approximate surface area is 106 Å². The summed E-state index contributed by atoms with van der Waals surface area (Å²) in [6.07, 6.45) is 5.17. The fourth-order valence-corrected chi connectivity index (χ4v) is 3.25. The second-order valence-electron chi connectivity index (χ2n) is 6.23. The largest absolute Gasteiger partial charge is 0.328 e. The van der Waals surface area contributed by atoms with Crippen LogP contribution in [0.4, 0.5) is 0 Å². The molecule has 2 fully saturated rings. The first-order valence-corrected chi connectivity index (χ1v) is 7.37. The van der Waals surface area contributed by atoms with Gasteiger partial charge in [0.2, 0.25) is 0 Å². The van der Waals surface area contributed by atoms with E-state index in [1.807, 2.05) is 0 Å². The zero-order chi connectivity index (χ0) is 12.3. The molecule has 17 heavy (non-hydrogen) atoms. The molecule has 2 rings (SSSR count). The lowest BCUT2D eigenvalue weighted by atomic mass is 9.98. The highest BCUT2D eigenvalue weighted by atomic mass is 15.2. The summed E-state index contributed by atoms with van der Waals surface area (Å²) in [7, 11) is 0. The highest BCUT2D eigenvalue weighted by Gasteiger charge is 2.24. The summed E-state index contributed by atoms with van der Waals surface area (Å²) in [6.45, 7) is 11.0. The van der Waals surface area contributed by atoms with Crippen molar-refractivity contribution in [3.63, 3.8) is 0 Å². The van der Waals surface area contributed by atoms with Gasteiger partial charge in [0.15, 0.2) is 0 Å². The minimum absolute atomic E-state index is 0.455. The quantitative estimate of drug-likeness (QED) is 0.811. The van der Waals surface area contributed by atoms with E-state index in [1.54, 1.807) is 0 Å². The van der Waals surface area contributed by atoms with E-state index in [9.17, 15) is 0 Å². The molecule has 0 aliphatic carbocycles. The molecular formula is C14H29N3. The molecule has 0 bridgehead atoms. The Morgan fingerprint density at radius 2 is 1.88 bits per heavy atom. The van der Waals surface area contributed by atoms with Crippen molar-refractivity contribution in [1.29, 1.82) is 0 Å². The monoisotopic (exact) mass is 239 g/mol. The maximum Gasteiger partial charge on any atom is 0.0195 e. The van der Waals surface area contributed by atoms with E-state index in [0.717, 1.165) is 5.92 Å². The van der Waals surface area contributed by atoms with Gasteiger partial charge in [-0.15, -0.1) is 0 Å². The molecule has 2 heterocycles. The number of rotatable bonds is 3. The third-order valence-electron chi connectivity index (χ3n) is 4.47. The van der Waals surface area contributed by atoms with Crippen molar-refractivity contribution in [3.8, 4) is 0 Å². The van der Waals surface area contributed by atoms with Crippen LogP contribution in [0.1, 0.15) is 39.5 Å². The van der Waals surface area contributed by atoms with Crippen molar-refractivity contribution in [2.45, 2.75) is 51.6 Å². The van der Waals surface area contributed by atoms with Gasteiger partial charge in [-0.25, -0.2) is 0 Å². The van der Waals surface area contributed by atoms with E-state index in [0.29, 0.717) is 12.1 Å². The molecule has 2 aliphatic heterocycles. The van der Waals surface area contributed by atoms with Crippen molar-refractivity contribution < 1.29 is 0 Å². The normalized spacial score (nSPS) is 31.6. The second-order valence-corrected chi connectivity index (χ2v) is 6.23. The van der Waals surface area contributed by atoms with E-state index in [4.69, 9.17) is 5.73 Å². The van der Waals surface area contributed by atoms with Crippen LogP contribution in [-0.4, -0.2) is 54.6 Å². The van der Waals surface area contributed by atoms with Crippen LogP contribution in [-0.2, 0) is 0 Å². The smallest absolute Gasteiger partial charge is 0.0195 e. The molecule has 2 aliphatic rings. The lowest BCUT2D eigenvalue weighted by Gasteiger charge is -2.39. The summed E-state index contributed by atoms with van der Waals surface area (Å²) in [4.78, 5) is 5.29. The van der Waals surface area contributed by atoms with Crippen LogP contribution < -0.4 is 5.73 Å². The molecule has 0 aromatic heterocycles. The number of nitrogens with zero attached hydrogens (tertiary/aromatic N) is 2. The molecule has 3 heteroatoms. The molecule has 2 unspecified atom stereocenters. The van der Waals surface area contributed by atoms with E-state index < -0.39 is 0 Å². The molecule has 0 aromatic carbocycles. The topological polar surface area (TPSA) is 32.5 Å². The van der Waals surface area contributed by atoms with Crippen molar-refractivity contribution in [3.05, 3.63) is 0 Å². The van der Waals surface area contributed by atoms with Gasteiger partial charge in [0.25, 0.3) is 0 Å². The second kappa shape index (κ2) is 6.17. The molecule has 3 nitrogen and oxygen atoms in total. The zero-order valence-corrected chi connectivity index (χ0v) is 11.6. The number of likely N-dealkylation sites (tertiary alicyclic amines) is 2. The predicted molar refractivity (Wildman–Crippen MR) is 73.1 cm³/mol. The van der Waals surface area contributed by atoms with Crippen molar-refractivity contribution in [2.75, 3.05) is 32.7 Å². The average Bonchev–Trinajstić information content (AvgIpc) is 2.32. The van der Waals surface area contributed by atoms with Crippen LogP contribution in [0.15, 0.2) is 0 Å². The Balaban J connectivity index is 1.74. The predicted octanol–water partition coefficient (Wildman–Crippen LogP) is 1.53. The Hall–Kier alpha value is -0.120. The molecular weight excluding hydrogens is 210 g/mol. The standard InChI is InChI=1S/C14H29N3/c1-12-4-3-7-17(10-12)13(2)11-16-8-5-14(15)6-9-16/h12-14H,3-11,15H2,1-2H3. The first kappa shape index (κ1) is 13.3. The summed E-state index contributed by atoms with van der Waals surface area (Å²) in [6, 6.07) is 1.17. The van der Waals surface area contributed by atoms with Gasteiger partial charge in [0, 0.05) is 25.2 Å². The van der Waals surface area contributed by atoms with Crippen molar-refractivity contribution in [2.24, 2.45) is 11.7 Å². The first-order valence-electron chi connectivity index (χ1n) is 7.37. The Bertz CT molecular complexity index is 224. The third kappa shape index (κ3) is 3.94. The van der Waals surface area contributed by atoms with Crippen LogP contribution in [0.3, 0.4) is 0 Å². The molecule has 2 atom stereocenters. The number of hydrogen-bond donors (Lipinski definition) is 1. The molecule has 0 aromatic rings. The molecule has 0 amide bonds. The molecule has 2 N–H and O–H groups in total. The van der Waals surface area contributed by atoms with Gasteiger partial charge < -0.3 is 10.6 Å². The molecule has 0 radical (unpaired) electrons. The van der Waals surface area contributed by atoms with Gasteiger partial charge in [0.1, 0.15) is 0 Å². The lowest BCUT2D eigenvalue weighted by molar-refractivity contribution is 0.0955. The van der Waals surface area contributed by atoms with Gasteiger partial charge in [-0.2, -0.15) is 0 Å². The highest BCUT2D eigenvalue weighted by molar-refractivity contribution is 4.80. The van der Waals surface area contributed by atoms with Gasteiger partial charge in [-0.3, -0.25) is 4.90 Å². The molecule has 100 valence electrons. The fourth-order valence-electron chi connectivity index (χ4n) is 3.25. The van der Waals surface area contributed by atoms with Gasteiger partial charge >= 0.3 is 0 Å². The Kier molecular flexibility index (Phi) is 4.83. The first-order chi connectivity index (χ1) is 8.15. The Morgan fingerprint density at radius 1 is 1.18 bits per heavy atom. The highest BCUT2D eigenvalue weighted by Crippen LogP contribution is 2.19. The van der Waals surface area contributed by atoms with Crippen molar-refractivity contribution in [1.82, 2.24) is 9.80 Å². The number of hydrogen-bond acceptors (Lipinski definition) is 3. The van der Waals surface area contributed by atoms with Crippen LogP contribution in [0.25, 0.3) is 0 Å². The lowest BCUT2D eigenvalue weighted by Crippen LogP contribution is -2.49. The fraction of sp³-hybridized carbons (Fsp3) is 1.00. The summed E-state index contributed by atoms with van der Waals surface area (Å²) >= 11 is 0. The zero-order valence-electron chi connectivity index (χ0n) is 11.6. The molecule has 2 saturated heterocycles. The number of piperidine rings is 2. The van der Waals surface area contributed by atoms with E-state index in [-0.39, 0.29) is 0 Å². The van der Waals surface area contributed by atoms with Crippen LogP contribution in [0.5, 0.6) is 0 Å². The van der Waals surface area contributed by atoms with Gasteiger partial charge in [0.05, 0.1) is 0 Å². The van der Waals surface area contributed by atoms with Crippen LogP contribution >= 0.6 is 0 Å². The SMILES string of the molecule is CC1CCCN(C(C)CN2CCC(N)CC2)C1. The van der Waals surface area contributed by atoms with Crippen molar-refractivity contribution >= 4 is 0 Å². The third-order valence-corrected chi connectivity index (χ3v) is 4.47. The van der Waals surface area contributed by atoms with Gasteiger partial charge in [-0.05, 0) is 58.2 Å². The molecule has 0 spiro atoms. The van der Waals surface area contributed by atoms with E-state index in [2.05, 4.69) is 23.6 Å². The van der Waals surface area contributed by atoms with Gasteiger partial charge in [-0.1, -0.05) is 6.92 Å². The summed E-state index contributed by atoms with van der Waals surface area (Å²) in [5, 5.41) is 0. The minimum Gasteiger partial charge on any atom is -0.328 e. The average molecular weight is 239 g/mol. The number of nitrogens with two attached hydrogens (primary N) is 1.